The molecule has 0 unspecified atom stereocenters. The second-order valence-corrected chi connectivity index (χ2v) is 7.68. The van der Waals surface area contributed by atoms with Gasteiger partial charge in [-0.2, -0.15) is 4.98 Å². The van der Waals surface area contributed by atoms with Crippen LogP contribution in [0.2, 0.25) is 0 Å². The molecule has 1 aliphatic heterocycles. The fourth-order valence-electron chi connectivity index (χ4n) is 3.77. The lowest BCUT2D eigenvalue weighted by atomic mass is 9.99. The number of nitrogen functional groups attached to an aromatic ring is 1. The molecule has 6 nitrogen and oxygen atoms in total. The maximum Gasteiger partial charge on any atom is 0.221 e. The second-order valence-electron chi connectivity index (χ2n) is 7.68. The fraction of sp³-hybridized carbons (Fsp3) is 0.333. The highest BCUT2D eigenvalue weighted by Gasteiger charge is 2.12. The molecule has 30 heavy (non-hydrogen) atoms. The van der Waals surface area contributed by atoms with E-state index in [1.807, 2.05) is 6.20 Å². The molecular formula is C24H29N5O. The Morgan fingerprint density at radius 3 is 2.57 bits per heavy atom. The number of nitrogens with two attached hydrogens (primary N) is 1. The van der Waals surface area contributed by atoms with Gasteiger partial charge >= 0.3 is 0 Å². The van der Waals surface area contributed by atoms with E-state index in [1.165, 1.54) is 16.7 Å². The number of anilines is 2. The van der Waals surface area contributed by atoms with Gasteiger partial charge in [-0.1, -0.05) is 48.0 Å². The summed E-state index contributed by atoms with van der Waals surface area (Å²) in [5, 5.41) is 3.47. The maximum atomic E-state index is 5.88. The zero-order chi connectivity index (χ0) is 20.8. The largest absolute Gasteiger partial charge is 0.379 e. The van der Waals surface area contributed by atoms with Crippen molar-refractivity contribution in [1.82, 2.24) is 14.9 Å². The van der Waals surface area contributed by atoms with E-state index in [0.29, 0.717) is 0 Å². The minimum Gasteiger partial charge on any atom is -0.379 e. The van der Waals surface area contributed by atoms with Gasteiger partial charge in [0.05, 0.1) is 13.2 Å². The van der Waals surface area contributed by atoms with Gasteiger partial charge < -0.3 is 15.8 Å². The molecule has 2 aromatic carbocycles. The molecule has 3 aromatic rings. The lowest BCUT2D eigenvalue weighted by Gasteiger charge is -2.26. The van der Waals surface area contributed by atoms with E-state index in [0.717, 1.165) is 62.8 Å². The zero-order valence-corrected chi connectivity index (χ0v) is 17.5. The summed E-state index contributed by atoms with van der Waals surface area (Å²) in [5.41, 5.74) is 11.5. The molecule has 0 aliphatic carbocycles. The van der Waals surface area contributed by atoms with Crippen molar-refractivity contribution in [1.29, 1.82) is 0 Å². The lowest BCUT2D eigenvalue weighted by Crippen LogP contribution is -2.37. The second kappa shape index (κ2) is 9.69. The summed E-state index contributed by atoms with van der Waals surface area (Å²) in [6.45, 7) is 7.68. The number of ether oxygens (including phenoxy) is 1. The van der Waals surface area contributed by atoms with Gasteiger partial charge in [0.15, 0.2) is 0 Å². The minimum atomic E-state index is 0.282. The first-order chi connectivity index (χ1) is 14.7. The quantitative estimate of drug-likeness (QED) is 0.584. The molecule has 156 valence electrons. The van der Waals surface area contributed by atoms with Crippen LogP contribution in [0.4, 0.5) is 11.8 Å². The summed E-state index contributed by atoms with van der Waals surface area (Å²) in [6, 6.07) is 17.0. The Morgan fingerprint density at radius 2 is 1.77 bits per heavy atom. The molecule has 0 amide bonds. The number of aromatic nitrogens is 2. The van der Waals surface area contributed by atoms with Crippen LogP contribution in [0.25, 0.3) is 22.3 Å². The van der Waals surface area contributed by atoms with Gasteiger partial charge in [0.2, 0.25) is 5.95 Å². The average molecular weight is 404 g/mol. The van der Waals surface area contributed by atoms with Crippen molar-refractivity contribution in [2.75, 3.05) is 50.4 Å². The van der Waals surface area contributed by atoms with Crippen LogP contribution in [0, 0.1) is 6.92 Å². The van der Waals surface area contributed by atoms with Crippen LogP contribution in [0.3, 0.4) is 0 Å². The molecule has 0 radical (unpaired) electrons. The van der Waals surface area contributed by atoms with E-state index in [2.05, 4.69) is 75.6 Å². The molecule has 1 aliphatic rings. The summed E-state index contributed by atoms with van der Waals surface area (Å²) in [7, 11) is 0. The topological polar surface area (TPSA) is 76.3 Å². The number of nitrogens with zero attached hydrogens (tertiary/aromatic N) is 3. The monoisotopic (exact) mass is 403 g/mol. The highest BCUT2D eigenvalue weighted by atomic mass is 16.5. The smallest absolute Gasteiger partial charge is 0.221 e. The molecule has 4 rings (SSSR count). The van der Waals surface area contributed by atoms with Gasteiger partial charge in [0.1, 0.15) is 5.82 Å². The molecule has 6 heteroatoms. The van der Waals surface area contributed by atoms with Crippen LogP contribution in [-0.4, -0.2) is 54.3 Å². The Kier molecular flexibility index (Phi) is 6.57. The van der Waals surface area contributed by atoms with Gasteiger partial charge in [-0.25, -0.2) is 4.98 Å². The number of benzene rings is 2. The number of rotatable bonds is 7. The molecule has 0 atom stereocenters. The summed E-state index contributed by atoms with van der Waals surface area (Å²) in [6.07, 6.45) is 2.84. The van der Waals surface area contributed by atoms with Gasteiger partial charge in [0, 0.05) is 31.4 Å². The van der Waals surface area contributed by atoms with E-state index in [-0.39, 0.29) is 5.95 Å². The summed E-state index contributed by atoms with van der Waals surface area (Å²) >= 11 is 0. The molecule has 0 saturated carbocycles. The molecule has 3 N–H and O–H groups in total. The highest BCUT2D eigenvalue weighted by molar-refractivity contribution is 5.79. The lowest BCUT2D eigenvalue weighted by molar-refractivity contribution is 0.0378. The molecule has 2 heterocycles. The van der Waals surface area contributed by atoms with Crippen molar-refractivity contribution in [2.24, 2.45) is 0 Å². The van der Waals surface area contributed by atoms with Gasteiger partial charge in [0.25, 0.3) is 0 Å². The van der Waals surface area contributed by atoms with Crippen LogP contribution < -0.4 is 11.1 Å². The first-order valence-corrected chi connectivity index (χ1v) is 10.5. The van der Waals surface area contributed by atoms with Gasteiger partial charge in [-0.3, -0.25) is 4.90 Å². The van der Waals surface area contributed by atoms with Crippen LogP contribution in [-0.2, 0) is 4.74 Å². The number of hydrogen-bond donors (Lipinski definition) is 2. The van der Waals surface area contributed by atoms with Crippen LogP contribution in [0.1, 0.15) is 12.0 Å². The van der Waals surface area contributed by atoms with Crippen LogP contribution in [0.5, 0.6) is 0 Å². The molecule has 0 spiro atoms. The average Bonchev–Trinajstić information content (AvgIpc) is 2.78. The Hall–Kier alpha value is -2.96. The third kappa shape index (κ3) is 5.14. The van der Waals surface area contributed by atoms with E-state index in [9.17, 15) is 0 Å². The molecule has 1 aromatic heterocycles. The molecule has 0 bridgehead atoms. The van der Waals surface area contributed by atoms with Gasteiger partial charge in [-0.05, 0) is 42.6 Å². The third-order valence-corrected chi connectivity index (χ3v) is 5.38. The fourth-order valence-corrected chi connectivity index (χ4v) is 3.77. The van der Waals surface area contributed by atoms with Crippen molar-refractivity contribution < 1.29 is 4.74 Å². The van der Waals surface area contributed by atoms with E-state index in [1.54, 1.807) is 0 Å². The van der Waals surface area contributed by atoms with Crippen LogP contribution >= 0.6 is 0 Å². The Balaban J connectivity index is 1.49. The standard InChI is InChI=1S/C24H29N5O/c1-18-5-2-6-19(15-18)20-7-3-8-21(16-20)22-17-27-24(25)28-23(22)26-9-4-10-29-11-13-30-14-12-29/h2-3,5-8,15-17H,4,9-14H2,1H3,(H3,25,26,27,28). The maximum absolute atomic E-state index is 5.88. The Labute approximate surface area is 178 Å². The van der Waals surface area contributed by atoms with Crippen molar-refractivity contribution in [3.63, 3.8) is 0 Å². The number of morpholine rings is 1. The van der Waals surface area contributed by atoms with Crippen molar-refractivity contribution in [2.45, 2.75) is 13.3 Å². The highest BCUT2D eigenvalue weighted by Crippen LogP contribution is 2.30. The van der Waals surface area contributed by atoms with Gasteiger partial charge in [-0.15, -0.1) is 0 Å². The van der Waals surface area contributed by atoms with Crippen molar-refractivity contribution in [3.05, 3.63) is 60.3 Å². The van der Waals surface area contributed by atoms with Crippen LogP contribution in [0.15, 0.2) is 54.7 Å². The predicted molar refractivity (Wildman–Crippen MR) is 122 cm³/mol. The van der Waals surface area contributed by atoms with Crippen molar-refractivity contribution in [3.8, 4) is 22.3 Å². The molecule has 1 fully saturated rings. The zero-order valence-electron chi connectivity index (χ0n) is 17.5. The molecule has 1 saturated heterocycles. The van der Waals surface area contributed by atoms with E-state index in [4.69, 9.17) is 10.5 Å². The number of hydrogen-bond acceptors (Lipinski definition) is 6. The number of nitrogens with one attached hydrogen (secondary N) is 1. The first kappa shape index (κ1) is 20.3. The summed E-state index contributed by atoms with van der Waals surface area (Å²) < 4.78 is 5.41. The predicted octanol–water partition coefficient (Wildman–Crippen LogP) is 3.84. The third-order valence-electron chi connectivity index (χ3n) is 5.38. The minimum absolute atomic E-state index is 0.282. The molecular weight excluding hydrogens is 374 g/mol. The van der Waals surface area contributed by atoms with E-state index < -0.39 is 0 Å². The summed E-state index contributed by atoms with van der Waals surface area (Å²) in [5.74, 6) is 1.06. The number of aryl methyl sites for hydroxylation is 1. The normalized spacial score (nSPS) is 14.6. The van der Waals surface area contributed by atoms with Crippen molar-refractivity contribution >= 4 is 11.8 Å². The summed E-state index contributed by atoms with van der Waals surface area (Å²) in [4.78, 5) is 11.1. The Bertz CT molecular complexity index is 985. The SMILES string of the molecule is Cc1cccc(-c2cccc(-c3cnc(N)nc3NCCCN3CCOCC3)c2)c1. The Morgan fingerprint density at radius 1 is 1.03 bits per heavy atom. The van der Waals surface area contributed by atoms with E-state index >= 15 is 0 Å². The first-order valence-electron chi connectivity index (χ1n) is 10.5.